The minimum Gasteiger partial charge on any atom is -0.456 e. The Morgan fingerprint density at radius 2 is 1.42 bits per heavy atom. The van der Waals surface area contributed by atoms with E-state index in [-0.39, 0.29) is 5.92 Å². The summed E-state index contributed by atoms with van der Waals surface area (Å²) in [4.78, 5) is 0. The summed E-state index contributed by atoms with van der Waals surface area (Å²) in [5, 5.41) is 14.6. The highest BCUT2D eigenvalue weighted by Gasteiger charge is 2.48. The SMILES string of the molecule is OC1(c2cccc3c2oc2ccccc23)C2=CC3C=CC=CC3C=C2c2ccccc21. The van der Waals surface area contributed by atoms with Crippen molar-refractivity contribution >= 4 is 27.5 Å². The Morgan fingerprint density at radius 3 is 2.32 bits per heavy atom. The molecule has 31 heavy (non-hydrogen) atoms. The zero-order chi connectivity index (χ0) is 20.6. The molecule has 3 aromatic carbocycles. The van der Waals surface area contributed by atoms with Crippen LogP contribution in [-0.2, 0) is 5.60 Å². The van der Waals surface area contributed by atoms with E-state index in [0.29, 0.717) is 5.92 Å². The van der Waals surface area contributed by atoms with Crippen LogP contribution in [0.15, 0.2) is 113 Å². The van der Waals surface area contributed by atoms with Gasteiger partial charge in [0, 0.05) is 33.7 Å². The van der Waals surface area contributed by atoms with E-state index in [0.717, 1.165) is 49.8 Å². The number of para-hydroxylation sites is 2. The monoisotopic (exact) mass is 400 g/mol. The van der Waals surface area contributed by atoms with Gasteiger partial charge in [-0.2, -0.15) is 0 Å². The lowest BCUT2D eigenvalue weighted by Gasteiger charge is -2.31. The molecular formula is C29H20O2. The number of rotatable bonds is 1. The van der Waals surface area contributed by atoms with Gasteiger partial charge in [-0.25, -0.2) is 0 Å². The summed E-state index contributed by atoms with van der Waals surface area (Å²) in [6.45, 7) is 0. The minimum absolute atomic E-state index is 0.250. The minimum atomic E-state index is -1.25. The van der Waals surface area contributed by atoms with E-state index in [1.807, 2.05) is 48.5 Å². The van der Waals surface area contributed by atoms with Gasteiger partial charge in [0.05, 0.1) is 0 Å². The molecule has 0 amide bonds. The van der Waals surface area contributed by atoms with Crippen molar-refractivity contribution < 1.29 is 9.52 Å². The molecular weight excluding hydrogens is 380 g/mol. The van der Waals surface area contributed by atoms with Crippen molar-refractivity contribution in [2.75, 3.05) is 0 Å². The van der Waals surface area contributed by atoms with Gasteiger partial charge in [0.2, 0.25) is 0 Å². The molecule has 4 aromatic rings. The summed E-state index contributed by atoms with van der Waals surface area (Å²) in [6.07, 6.45) is 13.2. The van der Waals surface area contributed by atoms with Crippen LogP contribution in [0.2, 0.25) is 0 Å². The number of aliphatic hydroxyl groups is 1. The summed E-state index contributed by atoms with van der Waals surface area (Å²) < 4.78 is 6.33. The number of fused-ring (bicyclic) bond motifs is 7. The third kappa shape index (κ3) is 2.15. The predicted molar refractivity (Wildman–Crippen MR) is 124 cm³/mol. The summed E-state index contributed by atoms with van der Waals surface area (Å²) in [6, 6.07) is 22.4. The number of furan rings is 1. The van der Waals surface area contributed by atoms with Gasteiger partial charge in [-0.3, -0.25) is 0 Å². The summed E-state index contributed by atoms with van der Waals surface area (Å²) in [7, 11) is 0. The van der Waals surface area contributed by atoms with Gasteiger partial charge in [-0.05, 0) is 22.8 Å². The molecule has 0 bridgehead atoms. The fourth-order valence-electron chi connectivity index (χ4n) is 5.59. The maximum absolute atomic E-state index is 12.5. The van der Waals surface area contributed by atoms with Gasteiger partial charge < -0.3 is 9.52 Å². The van der Waals surface area contributed by atoms with Crippen LogP contribution in [0.25, 0.3) is 27.5 Å². The van der Waals surface area contributed by atoms with E-state index >= 15 is 0 Å². The van der Waals surface area contributed by atoms with Crippen molar-refractivity contribution in [3.8, 4) is 0 Å². The summed E-state index contributed by atoms with van der Waals surface area (Å²) >= 11 is 0. The fraction of sp³-hybridized carbons (Fsp3) is 0.103. The Labute approximate surface area is 180 Å². The molecule has 3 aliphatic carbocycles. The molecule has 0 radical (unpaired) electrons. The van der Waals surface area contributed by atoms with Crippen LogP contribution in [0, 0.1) is 11.8 Å². The molecule has 0 saturated carbocycles. The van der Waals surface area contributed by atoms with Gasteiger partial charge in [0.25, 0.3) is 0 Å². The third-order valence-electron chi connectivity index (χ3n) is 7.02. The molecule has 7 rings (SSSR count). The van der Waals surface area contributed by atoms with Crippen molar-refractivity contribution in [2.24, 2.45) is 11.8 Å². The lowest BCUT2D eigenvalue weighted by atomic mass is 9.75. The van der Waals surface area contributed by atoms with Crippen molar-refractivity contribution in [3.05, 3.63) is 125 Å². The van der Waals surface area contributed by atoms with E-state index in [1.165, 1.54) is 0 Å². The Bertz CT molecular complexity index is 1510. The quantitative estimate of drug-likeness (QED) is 0.395. The molecule has 1 N–H and O–H groups in total. The first kappa shape index (κ1) is 17.1. The Balaban J connectivity index is 1.56. The number of hydrogen-bond donors (Lipinski definition) is 1. The first-order chi connectivity index (χ1) is 15.2. The van der Waals surface area contributed by atoms with Gasteiger partial charge in [-0.15, -0.1) is 0 Å². The number of benzene rings is 3. The molecule has 2 nitrogen and oxygen atoms in total. The lowest BCUT2D eigenvalue weighted by Crippen LogP contribution is -2.28. The molecule has 1 aromatic heterocycles. The van der Waals surface area contributed by atoms with Gasteiger partial charge >= 0.3 is 0 Å². The van der Waals surface area contributed by atoms with Crippen LogP contribution in [0.4, 0.5) is 0 Å². The van der Waals surface area contributed by atoms with Crippen LogP contribution in [-0.4, -0.2) is 5.11 Å². The van der Waals surface area contributed by atoms with Crippen molar-refractivity contribution in [3.63, 3.8) is 0 Å². The normalized spacial score (nSPS) is 25.8. The number of hydrogen-bond acceptors (Lipinski definition) is 2. The zero-order valence-corrected chi connectivity index (χ0v) is 16.8. The molecule has 3 unspecified atom stereocenters. The first-order valence-electron chi connectivity index (χ1n) is 10.8. The Morgan fingerprint density at radius 1 is 0.710 bits per heavy atom. The molecule has 0 saturated heterocycles. The highest BCUT2D eigenvalue weighted by Crippen LogP contribution is 2.56. The van der Waals surface area contributed by atoms with E-state index in [9.17, 15) is 5.11 Å². The molecule has 1 heterocycles. The second-order valence-corrected chi connectivity index (χ2v) is 8.62. The molecule has 3 atom stereocenters. The first-order valence-corrected chi connectivity index (χ1v) is 10.8. The van der Waals surface area contributed by atoms with Crippen LogP contribution < -0.4 is 0 Å². The van der Waals surface area contributed by atoms with Crippen LogP contribution in [0.5, 0.6) is 0 Å². The van der Waals surface area contributed by atoms with Gasteiger partial charge in [-0.1, -0.05) is 97.1 Å². The lowest BCUT2D eigenvalue weighted by molar-refractivity contribution is 0.130. The zero-order valence-electron chi connectivity index (χ0n) is 16.8. The van der Waals surface area contributed by atoms with Crippen LogP contribution >= 0.6 is 0 Å². The highest BCUT2D eigenvalue weighted by molar-refractivity contribution is 6.07. The maximum Gasteiger partial charge on any atom is 0.145 e. The average molecular weight is 400 g/mol. The molecule has 0 aliphatic heterocycles. The molecule has 0 fully saturated rings. The Hall–Kier alpha value is -3.62. The van der Waals surface area contributed by atoms with Crippen molar-refractivity contribution in [2.45, 2.75) is 5.60 Å². The maximum atomic E-state index is 12.5. The molecule has 0 spiro atoms. The van der Waals surface area contributed by atoms with E-state index in [4.69, 9.17) is 4.42 Å². The van der Waals surface area contributed by atoms with Crippen molar-refractivity contribution in [1.29, 1.82) is 0 Å². The second kappa shape index (κ2) is 5.96. The largest absolute Gasteiger partial charge is 0.456 e. The summed E-state index contributed by atoms with van der Waals surface area (Å²) in [5.41, 5.74) is 5.26. The molecule has 2 heteroatoms. The van der Waals surface area contributed by atoms with Crippen LogP contribution in [0.3, 0.4) is 0 Å². The third-order valence-corrected chi connectivity index (χ3v) is 7.02. The molecule has 3 aliphatic rings. The topological polar surface area (TPSA) is 33.4 Å². The number of allylic oxidation sites excluding steroid dienone is 6. The van der Waals surface area contributed by atoms with E-state index in [2.05, 4.69) is 54.7 Å². The Kier molecular flexibility index (Phi) is 3.29. The standard InChI is InChI=1S/C29H20O2/c30-29(25-14-7-12-22-21-11-4-6-15-27(21)31-28(22)25)24-13-5-3-10-20(24)23-16-18-8-1-2-9-19(18)17-26(23)29/h1-19,30H. The van der Waals surface area contributed by atoms with E-state index < -0.39 is 5.60 Å². The van der Waals surface area contributed by atoms with Crippen molar-refractivity contribution in [1.82, 2.24) is 0 Å². The predicted octanol–water partition coefficient (Wildman–Crippen LogP) is 6.52. The smallest absolute Gasteiger partial charge is 0.145 e. The summed E-state index contributed by atoms with van der Waals surface area (Å²) in [5.74, 6) is 0.570. The second-order valence-electron chi connectivity index (χ2n) is 8.62. The van der Waals surface area contributed by atoms with Gasteiger partial charge in [0.15, 0.2) is 0 Å². The van der Waals surface area contributed by atoms with Gasteiger partial charge in [0.1, 0.15) is 16.8 Å². The fourth-order valence-corrected chi connectivity index (χ4v) is 5.59. The highest BCUT2D eigenvalue weighted by atomic mass is 16.3. The van der Waals surface area contributed by atoms with Crippen LogP contribution in [0.1, 0.15) is 16.7 Å². The van der Waals surface area contributed by atoms with E-state index in [1.54, 1.807) is 0 Å². The molecule has 148 valence electrons. The average Bonchev–Trinajstić information content (AvgIpc) is 3.32.